The number of carbonyl (C=O) groups is 2. The van der Waals surface area contributed by atoms with E-state index in [1.807, 2.05) is 18.2 Å². The van der Waals surface area contributed by atoms with E-state index in [1.54, 1.807) is 87.7 Å². The van der Waals surface area contributed by atoms with Gasteiger partial charge in [0.05, 0.1) is 49.1 Å². The van der Waals surface area contributed by atoms with Crippen LogP contribution in [-0.2, 0) is 14.1 Å². The van der Waals surface area contributed by atoms with Crippen LogP contribution in [0.15, 0.2) is 97.8 Å². The highest BCUT2D eigenvalue weighted by atomic mass is 35.5. The summed E-state index contributed by atoms with van der Waals surface area (Å²) in [6.45, 7) is 0. The smallest absolute Gasteiger partial charge is 0.273 e. The van der Waals surface area contributed by atoms with E-state index in [2.05, 4.69) is 87.3 Å². The zero-order chi connectivity index (χ0) is 46.3. The number of rotatable bonds is 12. The number of nitrogens with zero attached hydrogens (tertiary/aromatic N) is 14. The van der Waals surface area contributed by atoms with Crippen LogP contribution >= 0.6 is 11.6 Å². The molecule has 0 atom stereocenters. The summed E-state index contributed by atoms with van der Waals surface area (Å²) in [6, 6.07) is 17.5. The number of hydrogen-bond acceptors (Lipinski definition) is 20. The molecule has 0 fully saturated rings. The SMILES string of the molecule is C.C.CNC(=O)c1nnc(Cl)cc1Nc1nccc(-c2cnn(C)n2)c1OC.CNC(=O)c1nnc(Nc2ccccn2)cc1Nc1nccc(-c2cnn(C)n2)c1OC.Nc1ccccn1. The minimum absolute atomic E-state index is 0. The van der Waals surface area contributed by atoms with Gasteiger partial charge in [0.25, 0.3) is 11.8 Å². The quantitative estimate of drug-likeness (QED) is 0.0907. The number of nitrogen functional groups attached to an aromatic ring is 1. The summed E-state index contributed by atoms with van der Waals surface area (Å²) in [5.41, 5.74) is 8.74. The molecule has 7 N–H and O–H groups in total. The standard InChI is InChI=1S/C20H20N10O2.C15H15ClN8O2.C5H6N2.2CH4/c1-21-20(31)17-13(10-16(27-28-17)26-15-6-4-5-8-22-15)25-19-18(32-3)12(7-9-23-19)14-11-24-30(2)29-14;1-17-15(25)12-9(6-11(16)21-22-12)20-14-13(26-3)8(4-5-18-14)10-7-19-24(2)23-10;6-5-3-1-2-4-7-5;;/h4-11H,1-3H3,(H,21,31)(H2,22,23,25,26,27);4-7H,1-3H3,(H,17,25)(H,18,20,21);1-4H,(H2,6,7);2*1H4. The van der Waals surface area contributed by atoms with E-state index in [0.717, 1.165) is 0 Å². The second-order valence-electron chi connectivity index (χ2n) is 12.8. The van der Waals surface area contributed by atoms with Crippen molar-refractivity contribution in [3.05, 3.63) is 114 Å². The van der Waals surface area contributed by atoms with Gasteiger partial charge < -0.3 is 41.8 Å². The van der Waals surface area contributed by atoms with E-state index in [-0.39, 0.29) is 31.4 Å². The molecule has 8 aromatic rings. The third kappa shape index (κ3) is 13.1. The molecule has 2 amide bonds. The van der Waals surface area contributed by atoms with Crippen molar-refractivity contribution >= 4 is 63.9 Å². The largest absolute Gasteiger partial charge is 0.492 e. The number of carbonyl (C=O) groups excluding carboxylic acids is 2. The van der Waals surface area contributed by atoms with E-state index in [4.69, 9.17) is 26.8 Å². The fraction of sp³-hybridized carbons (Fsp3) is 0.190. The van der Waals surface area contributed by atoms with Crippen LogP contribution in [0.4, 0.5) is 40.5 Å². The molecule has 0 unspecified atom stereocenters. The van der Waals surface area contributed by atoms with Crippen LogP contribution in [0.1, 0.15) is 35.8 Å². The number of ether oxygens (including phenoxy) is 2. The van der Waals surface area contributed by atoms with Crippen molar-refractivity contribution in [3.8, 4) is 34.0 Å². The lowest BCUT2D eigenvalue weighted by Gasteiger charge is -2.15. The molecule has 0 aliphatic rings. The normalized spacial score (nSPS) is 9.96. The summed E-state index contributed by atoms with van der Waals surface area (Å²) >= 11 is 5.92. The summed E-state index contributed by atoms with van der Waals surface area (Å²) in [5, 5.41) is 46.9. The Morgan fingerprint density at radius 2 is 1.12 bits per heavy atom. The van der Waals surface area contributed by atoms with E-state index in [1.165, 1.54) is 44.0 Å². The van der Waals surface area contributed by atoms with Crippen LogP contribution in [0, 0.1) is 0 Å². The number of aromatic nitrogens is 14. The number of halogens is 1. The van der Waals surface area contributed by atoms with Crippen LogP contribution in [-0.4, -0.2) is 110 Å². The molecule has 348 valence electrons. The van der Waals surface area contributed by atoms with Crippen LogP contribution in [0.3, 0.4) is 0 Å². The maximum absolute atomic E-state index is 12.4. The average Bonchev–Trinajstić information content (AvgIpc) is 3.97. The van der Waals surface area contributed by atoms with Crippen LogP contribution in [0.2, 0.25) is 5.15 Å². The lowest BCUT2D eigenvalue weighted by atomic mass is 10.2. The fourth-order valence-corrected chi connectivity index (χ4v) is 5.76. The predicted molar refractivity (Wildman–Crippen MR) is 254 cm³/mol. The minimum Gasteiger partial charge on any atom is -0.492 e. The molecule has 0 aliphatic carbocycles. The predicted octanol–water partition coefficient (Wildman–Crippen LogP) is 5.29. The second-order valence-corrected chi connectivity index (χ2v) is 13.2. The highest BCUT2D eigenvalue weighted by Crippen LogP contribution is 2.37. The summed E-state index contributed by atoms with van der Waals surface area (Å²) < 4.78 is 11.1. The van der Waals surface area contributed by atoms with Gasteiger partial charge in [0, 0.05) is 65.1 Å². The summed E-state index contributed by atoms with van der Waals surface area (Å²) in [4.78, 5) is 43.9. The zero-order valence-corrected chi connectivity index (χ0v) is 36.3. The molecule has 8 aromatic heterocycles. The first-order chi connectivity index (χ1) is 31.5. The van der Waals surface area contributed by atoms with E-state index in [0.29, 0.717) is 74.5 Å². The average molecular weight is 933 g/mol. The van der Waals surface area contributed by atoms with E-state index in [9.17, 15) is 9.59 Å². The van der Waals surface area contributed by atoms with Gasteiger partial charge in [0.15, 0.2) is 45.5 Å². The molecule has 24 nitrogen and oxygen atoms in total. The van der Waals surface area contributed by atoms with Crippen molar-refractivity contribution in [1.82, 2.24) is 81.0 Å². The molecular formula is C42H49ClN20O4. The molecule has 0 saturated carbocycles. The van der Waals surface area contributed by atoms with Crippen LogP contribution in [0.5, 0.6) is 11.5 Å². The van der Waals surface area contributed by atoms with Gasteiger partial charge in [-0.25, -0.2) is 19.9 Å². The Morgan fingerprint density at radius 1 is 0.612 bits per heavy atom. The third-order valence-electron chi connectivity index (χ3n) is 8.53. The van der Waals surface area contributed by atoms with Crippen molar-refractivity contribution in [2.24, 2.45) is 14.1 Å². The minimum atomic E-state index is -0.416. The number of nitrogens with one attached hydrogen (secondary N) is 5. The van der Waals surface area contributed by atoms with Crippen molar-refractivity contribution in [2.45, 2.75) is 14.9 Å². The number of methoxy groups -OCH3 is 2. The van der Waals surface area contributed by atoms with Crippen LogP contribution in [0.25, 0.3) is 22.5 Å². The Kier molecular flexibility index (Phi) is 18.3. The third-order valence-corrected chi connectivity index (χ3v) is 8.71. The molecular weight excluding hydrogens is 884 g/mol. The molecule has 0 saturated heterocycles. The highest BCUT2D eigenvalue weighted by Gasteiger charge is 2.21. The Balaban J connectivity index is 0.000000252. The Morgan fingerprint density at radius 3 is 1.54 bits per heavy atom. The number of amides is 2. The second kappa shape index (κ2) is 24.2. The Bertz CT molecular complexity index is 2860. The molecule has 0 spiro atoms. The first-order valence-electron chi connectivity index (χ1n) is 19.0. The lowest BCUT2D eigenvalue weighted by molar-refractivity contribution is 0.0950. The number of aryl methyl sites for hydroxylation is 2. The highest BCUT2D eigenvalue weighted by molar-refractivity contribution is 6.29. The molecule has 8 heterocycles. The molecule has 0 radical (unpaired) electrons. The number of pyridine rings is 4. The van der Waals surface area contributed by atoms with Crippen LogP contribution < -0.4 is 41.8 Å². The summed E-state index contributed by atoms with van der Waals surface area (Å²) in [5.74, 6) is 2.33. The van der Waals surface area contributed by atoms with Gasteiger partial charge in [0.2, 0.25) is 0 Å². The van der Waals surface area contributed by atoms with Gasteiger partial charge >= 0.3 is 0 Å². The number of hydrogen-bond donors (Lipinski definition) is 6. The number of anilines is 7. The zero-order valence-electron chi connectivity index (χ0n) is 35.6. The first-order valence-corrected chi connectivity index (χ1v) is 19.4. The summed E-state index contributed by atoms with van der Waals surface area (Å²) in [7, 11) is 9.50. The number of nitrogens with two attached hydrogens (primary N) is 1. The maximum atomic E-state index is 12.4. The van der Waals surface area contributed by atoms with Gasteiger partial charge in [-0.1, -0.05) is 38.6 Å². The fourth-order valence-electron chi connectivity index (χ4n) is 5.61. The van der Waals surface area contributed by atoms with Crippen molar-refractivity contribution < 1.29 is 19.1 Å². The molecule has 25 heteroatoms. The molecule has 8 rings (SSSR count). The topological polar surface area (TPSA) is 303 Å². The van der Waals surface area contributed by atoms with Gasteiger partial charge in [-0.3, -0.25) is 9.59 Å². The van der Waals surface area contributed by atoms with Gasteiger partial charge in [-0.15, -0.1) is 20.4 Å². The van der Waals surface area contributed by atoms with Gasteiger partial charge in [-0.05, 0) is 36.4 Å². The van der Waals surface area contributed by atoms with Gasteiger partial charge in [-0.2, -0.15) is 30.0 Å². The molecule has 0 bridgehead atoms. The Hall–Kier alpha value is -8.93. The van der Waals surface area contributed by atoms with Crippen molar-refractivity contribution in [3.63, 3.8) is 0 Å². The van der Waals surface area contributed by atoms with Crippen molar-refractivity contribution in [1.29, 1.82) is 0 Å². The van der Waals surface area contributed by atoms with E-state index >= 15 is 0 Å². The first kappa shape index (κ1) is 50.7. The lowest BCUT2D eigenvalue weighted by Crippen LogP contribution is -2.21. The molecule has 0 aromatic carbocycles. The molecule has 67 heavy (non-hydrogen) atoms. The van der Waals surface area contributed by atoms with Gasteiger partial charge in [0.1, 0.15) is 23.0 Å². The maximum Gasteiger partial charge on any atom is 0.273 e. The molecule has 0 aliphatic heterocycles. The Labute approximate surface area is 390 Å². The van der Waals surface area contributed by atoms with E-state index < -0.39 is 11.8 Å². The van der Waals surface area contributed by atoms with Crippen molar-refractivity contribution in [2.75, 3.05) is 50.0 Å². The summed E-state index contributed by atoms with van der Waals surface area (Å²) in [6.07, 6.45) is 9.75. The monoisotopic (exact) mass is 932 g/mol.